The molecule has 0 saturated carbocycles. The zero-order valence-electron chi connectivity index (χ0n) is 27.5. The van der Waals surface area contributed by atoms with E-state index in [1.54, 1.807) is 26.6 Å². The van der Waals surface area contributed by atoms with Crippen LogP contribution in [0, 0.1) is 0 Å². The molecule has 0 aliphatic carbocycles. The Hall–Kier alpha value is -3.26. The zero-order chi connectivity index (χ0) is 33.3. The van der Waals surface area contributed by atoms with E-state index in [2.05, 4.69) is 9.97 Å². The van der Waals surface area contributed by atoms with Crippen molar-refractivity contribution in [3.8, 4) is 0 Å². The van der Waals surface area contributed by atoms with Gasteiger partial charge in [0.15, 0.2) is 0 Å². The normalized spacial score (nSPS) is 17.7. The number of nitrogens with zero attached hydrogens (tertiary/aromatic N) is 4. The lowest BCUT2D eigenvalue weighted by Gasteiger charge is -2.26. The summed E-state index contributed by atoms with van der Waals surface area (Å²) < 4.78 is 22.4. The number of methoxy groups -OCH3 is 2. The number of hydrogen-bond donors (Lipinski definition) is 0. The van der Waals surface area contributed by atoms with Crippen LogP contribution >= 0.6 is 21.6 Å². The van der Waals surface area contributed by atoms with Crippen LogP contribution in [-0.4, -0.2) is 111 Å². The molecule has 2 aromatic carbocycles. The van der Waals surface area contributed by atoms with Crippen molar-refractivity contribution in [2.75, 3.05) is 66.8 Å². The van der Waals surface area contributed by atoms with Gasteiger partial charge in [0, 0.05) is 97.7 Å². The van der Waals surface area contributed by atoms with Crippen molar-refractivity contribution in [3.05, 3.63) is 72.1 Å². The second-order valence-corrected chi connectivity index (χ2v) is 14.2. The number of pyridine rings is 2. The van der Waals surface area contributed by atoms with E-state index >= 15 is 0 Å². The Kier molecular flexibility index (Phi) is 12.2. The predicted molar refractivity (Wildman–Crippen MR) is 189 cm³/mol. The molecule has 0 N–H and O–H groups in total. The van der Waals surface area contributed by atoms with Gasteiger partial charge in [0.2, 0.25) is 0 Å². The zero-order valence-corrected chi connectivity index (χ0v) is 29.1. The van der Waals surface area contributed by atoms with Gasteiger partial charge in [-0.15, -0.1) is 0 Å². The molecule has 0 radical (unpaired) electrons. The standard InChI is InChI=1S/C36H42N4O6S2/c1-43-17-13-39(23-29-9-5-15-45-29)35(41)27-19-25-7-3-11-37-33(25)31(21-27)47-48-32-22-28(20-26-8-4-12-38-34(26)32)36(42)40(14-18-44-2)24-30-10-6-16-46-30/h3-4,7-8,11-12,19-22,29-30H,5-6,9-10,13-18,23-24H2,1-2H3. The van der Waals surface area contributed by atoms with Crippen molar-refractivity contribution in [2.24, 2.45) is 0 Å². The van der Waals surface area contributed by atoms with E-state index in [9.17, 15) is 9.59 Å². The van der Waals surface area contributed by atoms with E-state index in [-0.39, 0.29) is 24.0 Å². The summed E-state index contributed by atoms with van der Waals surface area (Å²) >= 11 is 0. The quantitative estimate of drug-likeness (QED) is 0.136. The molecule has 2 aliphatic rings. The fourth-order valence-corrected chi connectivity index (χ4v) is 8.50. The average Bonchev–Trinajstić information content (AvgIpc) is 3.84. The smallest absolute Gasteiger partial charge is 0.254 e. The van der Waals surface area contributed by atoms with Crippen LogP contribution in [0.4, 0.5) is 0 Å². The van der Waals surface area contributed by atoms with Crippen LogP contribution in [0.15, 0.2) is 70.7 Å². The summed E-state index contributed by atoms with van der Waals surface area (Å²) in [7, 11) is 6.31. The number of carbonyl (C=O) groups is 2. The Morgan fingerprint density at radius 3 is 1.60 bits per heavy atom. The molecule has 2 fully saturated rings. The average molecular weight is 691 g/mol. The lowest BCUT2D eigenvalue weighted by Crippen LogP contribution is -2.39. The molecule has 2 aromatic heterocycles. The third-order valence-corrected chi connectivity index (χ3v) is 11.0. The van der Waals surface area contributed by atoms with Gasteiger partial charge in [-0.05, 0) is 62.1 Å². The minimum atomic E-state index is -0.0674. The first-order chi connectivity index (χ1) is 23.5. The van der Waals surface area contributed by atoms with Crippen molar-refractivity contribution in [3.63, 3.8) is 0 Å². The molecule has 4 heterocycles. The van der Waals surface area contributed by atoms with Crippen LogP contribution in [0.5, 0.6) is 0 Å². The number of hydrogen-bond acceptors (Lipinski definition) is 10. The number of aromatic nitrogens is 2. The highest BCUT2D eigenvalue weighted by atomic mass is 33.1. The van der Waals surface area contributed by atoms with E-state index in [0.29, 0.717) is 50.5 Å². The summed E-state index contributed by atoms with van der Waals surface area (Å²) in [4.78, 5) is 42.7. The Morgan fingerprint density at radius 2 is 1.21 bits per heavy atom. The van der Waals surface area contributed by atoms with E-state index in [4.69, 9.17) is 18.9 Å². The van der Waals surface area contributed by atoms with Crippen molar-refractivity contribution in [2.45, 2.75) is 47.7 Å². The molecule has 2 unspecified atom stereocenters. The maximum atomic E-state index is 14.0. The minimum Gasteiger partial charge on any atom is -0.383 e. The van der Waals surface area contributed by atoms with Crippen molar-refractivity contribution in [1.29, 1.82) is 0 Å². The molecule has 6 rings (SSSR count). The van der Waals surface area contributed by atoms with Crippen molar-refractivity contribution in [1.82, 2.24) is 19.8 Å². The number of carbonyl (C=O) groups excluding carboxylic acids is 2. The number of fused-ring (bicyclic) bond motifs is 2. The fourth-order valence-electron chi connectivity index (χ4n) is 6.17. The predicted octanol–water partition coefficient (Wildman–Crippen LogP) is 6.12. The first-order valence-electron chi connectivity index (χ1n) is 16.5. The van der Waals surface area contributed by atoms with Gasteiger partial charge in [0.05, 0.1) is 36.5 Å². The van der Waals surface area contributed by atoms with Crippen molar-refractivity contribution < 1.29 is 28.5 Å². The largest absolute Gasteiger partial charge is 0.383 e. The second-order valence-electron chi connectivity index (χ2n) is 12.0. The molecular formula is C36H42N4O6S2. The maximum Gasteiger partial charge on any atom is 0.254 e. The molecule has 48 heavy (non-hydrogen) atoms. The van der Waals surface area contributed by atoms with Crippen LogP contribution < -0.4 is 0 Å². The molecule has 12 heteroatoms. The molecule has 2 atom stereocenters. The van der Waals surface area contributed by atoms with Gasteiger partial charge in [-0.25, -0.2) is 0 Å². The number of rotatable bonds is 15. The number of benzene rings is 2. The summed E-state index contributed by atoms with van der Waals surface area (Å²) in [5.74, 6) is -0.135. The topological polar surface area (TPSA) is 103 Å². The van der Waals surface area contributed by atoms with E-state index in [1.165, 1.54) is 21.6 Å². The lowest BCUT2D eigenvalue weighted by atomic mass is 10.1. The lowest BCUT2D eigenvalue weighted by molar-refractivity contribution is 0.0454. The third-order valence-electron chi connectivity index (χ3n) is 8.66. The first kappa shape index (κ1) is 34.6. The summed E-state index contributed by atoms with van der Waals surface area (Å²) in [6, 6.07) is 15.4. The summed E-state index contributed by atoms with van der Waals surface area (Å²) in [5.41, 5.74) is 2.78. The van der Waals surface area contributed by atoms with E-state index < -0.39 is 0 Å². The van der Waals surface area contributed by atoms with Gasteiger partial charge >= 0.3 is 0 Å². The molecule has 10 nitrogen and oxygen atoms in total. The molecule has 0 spiro atoms. The second kappa shape index (κ2) is 16.9. The first-order valence-corrected chi connectivity index (χ1v) is 18.6. The maximum absolute atomic E-state index is 14.0. The Morgan fingerprint density at radius 1 is 0.750 bits per heavy atom. The van der Waals surface area contributed by atoms with Crippen molar-refractivity contribution >= 4 is 55.2 Å². The molecule has 254 valence electrons. The van der Waals surface area contributed by atoms with E-state index in [0.717, 1.165) is 70.5 Å². The highest BCUT2D eigenvalue weighted by Crippen LogP contribution is 2.43. The SMILES string of the molecule is COCCN(CC1CCCO1)C(=O)c1cc(SSc2cc(C(=O)N(CCOC)CC3CCCO3)cc3cccnc23)c2ncccc2c1. The monoisotopic (exact) mass is 690 g/mol. The number of ether oxygens (including phenoxy) is 4. The van der Waals surface area contributed by atoms with Gasteiger partial charge in [-0.1, -0.05) is 33.7 Å². The van der Waals surface area contributed by atoms with Gasteiger partial charge in [0.25, 0.3) is 11.8 Å². The molecule has 2 amide bonds. The Bertz CT molecular complexity index is 1590. The van der Waals surface area contributed by atoms with Crippen LogP contribution in [0.1, 0.15) is 46.4 Å². The minimum absolute atomic E-state index is 0.0317. The van der Waals surface area contributed by atoms with Crippen LogP contribution in [0.25, 0.3) is 21.8 Å². The van der Waals surface area contributed by atoms with Crippen LogP contribution in [-0.2, 0) is 18.9 Å². The van der Waals surface area contributed by atoms with E-state index in [1.807, 2.05) is 58.3 Å². The Labute approximate surface area is 289 Å². The number of amides is 2. The summed E-state index contributed by atoms with van der Waals surface area (Å²) in [6.45, 7) is 4.34. The molecule has 4 aromatic rings. The van der Waals surface area contributed by atoms with Gasteiger partial charge in [0.1, 0.15) is 0 Å². The Balaban J connectivity index is 1.29. The molecule has 2 aliphatic heterocycles. The third kappa shape index (κ3) is 8.47. The van der Waals surface area contributed by atoms with Gasteiger partial charge < -0.3 is 28.7 Å². The fraction of sp³-hybridized carbons (Fsp3) is 0.444. The molecule has 0 bridgehead atoms. The highest BCUT2D eigenvalue weighted by molar-refractivity contribution is 8.76. The summed E-state index contributed by atoms with van der Waals surface area (Å²) in [5, 5.41) is 1.76. The van der Waals surface area contributed by atoms with Gasteiger partial charge in [-0.2, -0.15) is 0 Å². The van der Waals surface area contributed by atoms with Gasteiger partial charge in [-0.3, -0.25) is 19.6 Å². The highest BCUT2D eigenvalue weighted by Gasteiger charge is 2.26. The molecule has 2 saturated heterocycles. The van der Waals surface area contributed by atoms with Crippen LogP contribution in [0.3, 0.4) is 0 Å². The van der Waals surface area contributed by atoms with Crippen LogP contribution in [0.2, 0.25) is 0 Å². The summed E-state index contributed by atoms with van der Waals surface area (Å²) in [6.07, 6.45) is 7.49. The molecular weight excluding hydrogens is 649 g/mol.